The normalized spacial score (nSPS) is 12.6. The van der Waals surface area contributed by atoms with E-state index in [0.717, 1.165) is 0 Å². The van der Waals surface area contributed by atoms with Gasteiger partial charge in [-0.1, -0.05) is 17.3 Å². The molecule has 0 saturated heterocycles. The van der Waals surface area contributed by atoms with Crippen molar-refractivity contribution in [2.75, 3.05) is 5.32 Å². The van der Waals surface area contributed by atoms with Crippen molar-refractivity contribution in [3.63, 3.8) is 0 Å². The van der Waals surface area contributed by atoms with Crippen LogP contribution in [0.5, 0.6) is 0 Å². The van der Waals surface area contributed by atoms with Crippen LogP contribution in [-0.4, -0.2) is 46.4 Å². The maximum atomic E-state index is 13.9. The van der Waals surface area contributed by atoms with Gasteiger partial charge in [0.15, 0.2) is 5.82 Å². The highest BCUT2D eigenvalue weighted by molar-refractivity contribution is 5.88. The number of amides is 1. The van der Waals surface area contributed by atoms with Crippen LogP contribution in [0, 0.1) is 5.82 Å². The number of aromatic nitrogens is 6. The summed E-state index contributed by atoms with van der Waals surface area (Å²) in [6.45, 7) is 5.30. The lowest BCUT2D eigenvalue weighted by atomic mass is 10.1. The first-order chi connectivity index (χ1) is 15.7. The smallest absolute Gasteiger partial charge is 0.413 e. The number of aliphatic hydroxyl groups excluding tert-OH is 1. The van der Waals surface area contributed by atoms with Crippen LogP contribution in [0.25, 0.3) is 11.2 Å². The standard InChI is InChI=1S/C22H24FN7O3/c1-22(2,3)33-21(32)26-20-18-10-9-17(30(18)25-13-24-20)19(31)11-8-14-12-29(28-27-14)16-7-5-4-6-15(16)23/h4-7,9-10,12-13,19,31H,8,11H2,1-3H3,(H,24,25,26,32). The zero-order valence-corrected chi connectivity index (χ0v) is 18.4. The molecule has 2 N–H and O–H groups in total. The van der Waals surface area contributed by atoms with Crippen molar-refractivity contribution in [3.05, 3.63) is 66.1 Å². The second-order valence-electron chi connectivity index (χ2n) is 8.45. The third-order valence-electron chi connectivity index (χ3n) is 4.76. The molecule has 11 heteroatoms. The van der Waals surface area contributed by atoms with Crippen molar-refractivity contribution in [1.29, 1.82) is 0 Å². The molecule has 33 heavy (non-hydrogen) atoms. The summed E-state index contributed by atoms with van der Waals surface area (Å²) in [4.78, 5) is 16.2. The summed E-state index contributed by atoms with van der Waals surface area (Å²) in [7, 11) is 0. The molecule has 10 nitrogen and oxygen atoms in total. The number of hydrogen-bond acceptors (Lipinski definition) is 7. The number of aryl methyl sites for hydroxylation is 1. The molecule has 0 bridgehead atoms. The highest BCUT2D eigenvalue weighted by Crippen LogP contribution is 2.24. The molecule has 3 heterocycles. The van der Waals surface area contributed by atoms with Gasteiger partial charge in [-0.15, -0.1) is 5.10 Å². The van der Waals surface area contributed by atoms with E-state index in [1.807, 2.05) is 0 Å². The molecular weight excluding hydrogens is 429 g/mol. The summed E-state index contributed by atoms with van der Waals surface area (Å²) >= 11 is 0. The molecule has 3 aromatic heterocycles. The average molecular weight is 453 g/mol. The Bertz CT molecular complexity index is 1280. The Balaban J connectivity index is 1.45. The van der Waals surface area contributed by atoms with Crippen molar-refractivity contribution >= 4 is 17.4 Å². The fourth-order valence-electron chi connectivity index (χ4n) is 3.30. The largest absolute Gasteiger partial charge is 0.444 e. The molecule has 0 radical (unpaired) electrons. The fraction of sp³-hybridized carbons (Fsp3) is 0.318. The zero-order valence-electron chi connectivity index (χ0n) is 18.4. The molecule has 0 saturated carbocycles. The summed E-state index contributed by atoms with van der Waals surface area (Å²) in [5.41, 5.74) is 1.31. The highest BCUT2D eigenvalue weighted by atomic mass is 19.1. The number of nitrogens with one attached hydrogen (secondary N) is 1. The predicted octanol–water partition coefficient (Wildman–Crippen LogP) is 3.46. The van der Waals surface area contributed by atoms with Crippen LogP contribution in [-0.2, 0) is 11.2 Å². The number of halogens is 1. The molecule has 0 aliphatic rings. The minimum Gasteiger partial charge on any atom is -0.444 e. The lowest BCUT2D eigenvalue weighted by Gasteiger charge is -2.19. The van der Waals surface area contributed by atoms with Crippen LogP contribution in [0.15, 0.2) is 48.9 Å². The van der Waals surface area contributed by atoms with Crippen molar-refractivity contribution in [2.45, 2.75) is 45.3 Å². The Hall–Kier alpha value is -3.86. The minimum absolute atomic E-state index is 0.269. The Morgan fingerprint density at radius 1 is 1.24 bits per heavy atom. The Labute approximate surface area is 189 Å². The van der Waals surface area contributed by atoms with Gasteiger partial charge in [-0.3, -0.25) is 5.32 Å². The Morgan fingerprint density at radius 2 is 2.03 bits per heavy atom. The Kier molecular flexibility index (Phi) is 6.05. The van der Waals surface area contributed by atoms with E-state index in [4.69, 9.17) is 4.74 Å². The first kappa shape index (κ1) is 22.3. The topological polar surface area (TPSA) is 119 Å². The number of carbonyl (C=O) groups is 1. The molecule has 1 atom stereocenters. The van der Waals surface area contributed by atoms with E-state index in [1.54, 1.807) is 57.3 Å². The van der Waals surface area contributed by atoms with E-state index in [1.165, 1.54) is 21.6 Å². The molecular formula is C22H24FN7O3. The summed E-state index contributed by atoms with van der Waals surface area (Å²) < 4.78 is 22.1. The van der Waals surface area contributed by atoms with Gasteiger partial charge in [0.2, 0.25) is 0 Å². The number of para-hydroxylation sites is 1. The minimum atomic E-state index is -0.865. The van der Waals surface area contributed by atoms with Gasteiger partial charge in [0.25, 0.3) is 0 Å². The first-order valence-corrected chi connectivity index (χ1v) is 10.4. The summed E-state index contributed by atoms with van der Waals surface area (Å²) in [5.74, 6) is -0.130. The second-order valence-corrected chi connectivity index (χ2v) is 8.45. The van der Waals surface area contributed by atoms with Gasteiger partial charge in [0.1, 0.15) is 28.9 Å². The number of carbonyl (C=O) groups excluding carboxylic acids is 1. The van der Waals surface area contributed by atoms with Crippen molar-refractivity contribution in [3.8, 4) is 5.69 Å². The summed E-state index contributed by atoms with van der Waals surface area (Å²) in [5, 5.41) is 25.6. The van der Waals surface area contributed by atoms with Crippen LogP contribution in [0.1, 0.15) is 44.7 Å². The number of anilines is 1. The second kappa shape index (κ2) is 8.94. The van der Waals surface area contributed by atoms with E-state index in [2.05, 4.69) is 25.7 Å². The molecule has 4 rings (SSSR count). The van der Waals surface area contributed by atoms with Crippen molar-refractivity contribution < 1.29 is 19.0 Å². The number of nitrogens with zero attached hydrogens (tertiary/aromatic N) is 6. The monoisotopic (exact) mass is 453 g/mol. The van der Waals surface area contributed by atoms with Crippen LogP contribution < -0.4 is 5.32 Å². The molecule has 0 fully saturated rings. The van der Waals surface area contributed by atoms with E-state index >= 15 is 0 Å². The van der Waals surface area contributed by atoms with Crippen molar-refractivity contribution in [2.24, 2.45) is 0 Å². The molecule has 0 aliphatic carbocycles. The number of aliphatic hydroxyl groups is 1. The highest BCUT2D eigenvalue weighted by Gasteiger charge is 2.20. The number of rotatable bonds is 6. The van der Waals surface area contributed by atoms with E-state index in [0.29, 0.717) is 35.4 Å². The first-order valence-electron chi connectivity index (χ1n) is 10.4. The molecule has 172 valence electrons. The average Bonchev–Trinajstić information content (AvgIpc) is 3.39. The third kappa shape index (κ3) is 5.14. The summed E-state index contributed by atoms with van der Waals surface area (Å²) in [6, 6.07) is 9.71. The number of fused-ring (bicyclic) bond motifs is 1. The van der Waals surface area contributed by atoms with Gasteiger partial charge >= 0.3 is 6.09 Å². The SMILES string of the molecule is CC(C)(C)OC(=O)Nc1ncnn2c(C(O)CCc3cn(-c4ccccc4F)nn3)ccc12. The van der Waals surface area contributed by atoms with Gasteiger partial charge in [-0.05, 0) is 57.9 Å². The molecule has 0 aliphatic heterocycles. The van der Waals surface area contributed by atoms with Crippen LogP contribution in [0.3, 0.4) is 0 Å². The van der Waals surface area contributed by atoms with Gasteiger partial charge < -0.3 is 9.84 Å². The fourth-order valence-corrected chi connectivity index (χ4v) is 3.30. The molecule has 0 spiro atoms. The quantitative estimate of drug-likeness (QED) is 0.459. The van der Waals surface area contributed by atoms with E-state index in [-0.39, 0.29) is 5.82 Å². The zero-order chi connectivity index (χ0) is 23.6. The van der Waals surface area contributed by atoms with E-state index < -0.39 is 23.6 Å². The molecule has 1 unspecified atom stereocenters. The van der Waals surface area contributed by atoms with E-state index in [9.17, 15) is 14.3 Å². The number of benzene rings is 1. The van der Waals surface area contributed by atoms with Gasteiger partial charge in [0, 0.05) is 0 Å². The van der Waals surface area contributed by atoms with Gasteiger partial charge in [-0.25, -0.2) is 23.4 Å². The lowest BCUT2D eigenvalue weighted by molar-refractivity contribution is 0.0635. The van der Waals surface area contributed by atoms with Crippen LogP contribution >= 0.6 is 0 Å². The Morgan fingerprint density at radius 3 is 2.79 bits per heavy atom. The van der Waals surface area contributed by atoms with Gasteiger partial charge in [0.05, 0.1) is 23.7 Å². The third-order valence-corrected chi connectivity index (χ3v) is 4.76. The maximum Gasteiger partial charge on any atom is 0.413 e. The van der Waals surface area contributed by atoms with Crippen LogP contribution in [0.4, 0.5) is 15.0 Å². The van der Waals surface area contributed by atoms with Crippen LogP contribution in [0.2, 0.25) is 0 Å². The number of hydrogen-bond donors (Lipinski definition) is 2. The maximum absolute atomic E-state index is 13.9. The molecule has 4 aromatic rings. The van der Waals surface area contributed by atoms with Gasteiger partial charge in [-0.2, -0.15) is 5.10 Å². The number of ether oxygens (including phenoxy) is 1. The lowest BCUT2D eigenvalue weighted by Crippen LogP contribution is -2.27. The molecule has 1 aromatic carbocycles. The van der Waals surface area contributed by atoms with Crippen molar-refractivity contribution in [1.82, 2.24) is 29.6 Å². The molecule has 1 amide bonds. The summed E-state index contributed by atoms with van der Waals surface area (Å²) in [6.07, 6.45) is 2.17. The predicted molar refractivity (Wildman–Crippen MR) is 117 cm³/mol.